The Morgan fingerprint density at radius 3 is 2.31 bits per heavy atom. The zero-order chi connectivity index (χ0) is 28.5. The van der Waals surface area contributed by atoms with E-state index in [0.29, 0.717) is 43.2 Å². The van der Waals surface area contributed by atoms with Crippen molar-refractivity contribution in [2.75, 3.05) is 64.3 Å². The lowest BCUT2D eigenvalue weighted by atomic mass is 9.52. The number of rotatable bonds is 4. The molecule has 0 radical (unpaired) electrons. The average molecular weight is 543 g/mol. The Labute approximate surface area is 225 Å². The molecule has 2 saturated carbocycles. The number of primary amides is 1. The maximum Gasteiger partial charge on any atom is 0.235 e. The molecule has 3 aliphatic carbocycles. The number of phenolic OH excluding ortho intramolecular Hbond substituents is 1. The van der Waals surface area contributed by atoms with E-state index in [0.717, 1.165) is 0 Å². The van der Waals surface area contributed by atoms with Crippen molar-refractivity contribution in [2.45, 2.75) is 24.5 Å². The summed E-state index contributed by atoms with van der Waals surface area (Å²) in [5, 5.41) is 23.1. The second-order valence-electron chi connectivity index (χ2n) is 11.4. The highest BCUT2D eigenvalue weighted by Crippen LogP contribution is 2.53. The number of likely N-dealkylation sites (N-methyl/N-ethyl adjacent to an activating group) is 1. The number of aromatic hydroxyl groups is 1. The fourth-order valence-electron chi connectivity index (χ4n) is 7.08. The summed E-state index contributed by atoms with van der Waals surface area (Å²) in [7, 11) is 6.76. The molecule has 1 aromatic carbocycles. The summed E-state index contributed by atoms with van der Waals surface area (Å²) < 4.78 is 5.42. The summed E-state index contributed by atoms with van der Waals surface area (Å²) in [6, 6.07) is 0.693. The molecule has 12 heteroatoms. The van der Waals surface area contributed by atoms with Gasteiger partial charge in [0.05, 0.1) is 36.4 Å². The standard InChI is InChI=1S/C27H34N4O8/c1-29(2)15-11-16(31-5-7-39-8-6-31)21(32)18-13(15)9-12-10-14-20(30(3)4)23(34)19(26(28)37)25(36)27(14,38)24(35)17(12)22(18)33/h11-12,14,17,19-20,32,38H,5-10H2,1-4H3,(H2,28,37)/t12-,14-,17?,19?,20-,27-/m0/s1. The lowest BCUT2D eigenvalue weighted by molar-refractivity contribution is -0.181. The minimum Gasteiger partial charge on any atom is -0.505 e. The van der Waals surface area contributed by atoms with Crippen LogP contribution in [0, 0.1) is 23.7 Å². The number of nitrogens with two attached hydrogens (primary N) is 1. The van der Waals surface area contributed by atoms with Gasteiger partial charge < -0.3 is 30.5 Å². The number of carbonyl (C=O) groups is 5. The number of morpholine rings is 1. The van der Waals surface area contributed by atoms with Crippen LogP contribution < -0.4 is 15.5 Å². The molecule has 1 heterocycles. The number of aliphatic hydroxyl groups is 1. The van der Waals surface area contributed by atoms with Gasteiger partial charge in [-0.15, -0.1) is 0 Å². The lowest BCUT2D eigenvalue weighted by Gasteiger charge is -2.52. The number of ether oxygens (including phenoxy) is 1. The highest BCUT2D eigenvalue weighted by Gasteiger charge is 2.69. The van der Waals surface area contributed by atoms with Gasteiger partial charge in [0.1, 0.15) is 5.75 Å². The number of carbonyl (C=O) groups excluding carboxylic acids is 5. The van der Waals surface area contributed by atoms with E-state index in [1.807, 2.05) is 30.0 Å². The van der Waals surface area contributed by atoms with Crippen LogP contribution in [0.4, 0.5) is 11.4 Å². The first kappa shape index (κ1) is 27.2. The Bertz CT molecular complexity index is 1290. The summed E-state index contributed by atoms with van der Waals surface area (Å²) in [4.78, 5) is 72.1. The topological polar surface area (TPSA) is 171 Å². The molecule has 4 aliphatic rings. The van der Waals surface area contributed by atoms with Gasteiger partial charge in [0.2, 0.25) is 5.91 Å². The number of fused-ring (bicyclic) bond motifs is 3. The van der Waals surface area contributed by atoms with Crippen LogP contribution >= 0.6 is 0 Å². The molecule has 3 fully saturated rings. The smallest absolute Gasteiger partial charge is 0.235 e. The SMILES string of the molecule is CN(C)c1cc(N2CCOCC2)c(O)c2c1C[C@H]1C[C@H]3[C@H](N(C)C)C(=O)C(C(N)=O)C(=O)[C@@]3(O)C(=O)C1C2=O. The third-order valence-electron chi connectivity index (χ3n) is 8.85. The Morgan fingerprint density at radius 2 is 1.74 bits per heavy atom. The molecular weight excluding hydrogens is 508 g/mol. The van der Waals surface area contributed by atoms with Crippen LogP contribution in [-0.4, -0.2) is 110 Å². The van der Waals surface area contributed by atoms with Gasteiger partial charge in [-0.25, -0.2) is 0 Å². The van der Waals surface area contributed by atoms with E-state index < -0.39 is 64.4 Å². The van der Waals surface area contributed by atoms with Gasteiger partial charge in [-0.2, -0.15) is 0 Å². The van der Waals surface area contributed by atoms with Crippen molar-refractivity contribution in [3.05, 3.63) is 17.2 Å². The predicted molar refractivity (Wildman–Crippen MR) is 139 cm³/mol. The molecule has 0 spiro atoms. The largest absolute Gasteiger partial charge is 0.505 e. The second kappa shape index (κ2) is 9.39. The van der Waals surface area contributed by atoms with Crippen molar-refractivity contribution in [2.24, 2.45) is 29.4 Å². The molecule has 2 unspecified atom stereocenters. The average Bonchev–Trinajstić information content (AvgIpc) is 2.86. The number of phenols is 1. The van der Waals surface area contributed by atoms with Gasteiger partial charge in [0, 0.05) is 38.8 Å². The zero-order valence-electron chi connectivity index (χ0n) is 22.5. The van der Waals surface area contributed by atoms with Gasteiger partial charge in [-0.05, 0) is 44.5 Å². The van der Waals surface area contributed by atoms with Crippen LogP contribution in [-0.2, 0) is 30.3 Å². The Hall–Kier alpha value is -3.35. The van der Waals surface area contributed by atoms with Gasteiger partial charge in [0.25, 0.3) is 0 Å². The number of ketones is 4. The molecule has 1 amide bonds. The molecule has 12 nitrogen and oxygen atoms in total. The molecular formula is C27H34N4O8. The highest BCUT2D eigenvalue weighted by atomic mass is 16.5. The maximum absolute atomic E-state index is 14.1. The molecule has 5 rings (SSSR count). The normalized spacial score (nSPS) is 32.6. The fraction of sp³-hybridized carbons (Fsp3) is 0.593. The van der Waals surface area contributed by atoms with Crippen molar-refractivity contribution in [1.29, 1.82) is 0 Å². The number of Topliss-reactive ketones (excluding diaryl/α,β-unsaturated/α-hetero) is 4. The minimum absolute atomic E-state index is 0.00529. The first-order valence-corrected chi connectivity index (χ1v) is 13.1. The van der Waals surface area contributed by atoms with Gasteiger partial charge >= 0.3 is 0 Å². The zero-order valence-corrected chi connectivity index (χ0v) is 22.5. The first-order valence-electron chi connectivity index (χ1n) is 13.1. The van der Waals surface area contributed by atoms with E-state index in [2.05, 4.69) is 0 Å². The quantitative estimate of drug-likeness (QED) is 0.389. The number of nitrogens with zero attached hydrogens (tertiary/aromatic N) is 3. The van der Waals surface area contributed by atoms with E-state index in [9.17, 15) is 34.2 Å². The third-order valence-corrected chi connectivity index (χ3v) is 8.85. The van der Waals surface area contributed by atoms with Crippen molar-refractivity contribution in [3.8, 4) is 5.75 Å². The van der Waals surface area contributed by atoms with E-state index in [-0.39, 0.29) is 24.2 Å². The summed E-state index contributed by atoms with van der Waals surface area (Å²) in [6.45, 7) is 1.91. The molecule has 1 saturated heterocycles. The molecule has 39 heavy (non-hydrogen) atoms. The van der Waals surface area contributed by atoms with Crippen LogP contribution in [0.1, 0.15) is 22.3 Å². The van der Waals surface area contributed by atoms with Gasteiger partial charge in [-0.1, -0.05) is 0 Å². The first-order chi connectivity index (χ1) is 18.3. The molecule has 1 aromatic rings. The Morgan fingerprint density at radius 1 is 1.10 bits per heavy atom. The molecule has 0 aromatic heterocycles. The van der Waals surface area contributed by atoms with Crippen LogP contribution in [0.2, 0.25) is 0 Å². The highest BCUT2D eigenvalue weighted by molar-refractivity contribution is 6.32. The van der Waals surface area contributed by atoms with Gasteiger partial charge in [-0.3, -0.25) is 28.9 Å². The van der Waals surface area contributed by atoms with Gasteiger partial charge in [0.15, 0.2) is 34.7 Å². The molecule has 210 valence electrons. The molecule has 1 aliphatic heterocycles. The monoisotopic (exact) mass is 542 g/mol. The molecule has 4 N–H and O–H groups in total. The maximum atomic E-state index is 14.1. The van der Waals surface area contributed by atoms with Crippen LogP contribution in [0.25, 0.3) is 0 Å². The second-order valence-corrected chi connectivity index (χ2v) is 11.4. The van der Waals surface area contributed by atoms with Crippen LogP contribution in [0.3, 0.4) is 0 Å². The van der Waals surface area contributed by atoms with Crippen molar-refractivity contribution in [1.82, 2.24) is 4.90 Å². The minimum atomic E-state index is -2.74. The fourth-order valence-corrected chi connectivity index (χ4v) is 7.08. The number of benzene rings is 1. The number of hydrogen-bond acceptors (Lipinski definition) is 11. The number of amides is 1. The Kier molecular flexibility index (Phi) is 6.55. The summed E-state index contributed by atoms with van der Waals surface area (Å²) in [5.74, 6) is -10.5. The van der Waals surface area contributed by atoms with Crippen molar-refractivity contribution < 1.29 is 38.9 Å². The summed E-state index contributed by atoms with van der Waals surface area (Å²) >= 11 is 0. The predicted octanol–water partition coefficient (Wildman–Crippen LogP) is -1.23. The summed E-state index contributed by atoms with van der Waals surface area (Å²) in [5.41, 5.74) is 4.35. The van der Waals surface area contributed by atoms with E-state index in [4.69, 9.17) is 10.5 Å². The number of anilines is 2. The van der Waals surface area contributed by atoms with Crippen molar-refractivity contribution in [3.63, 3.8) is 0 Å². The van der Waals surface area contributed by atoms with E-state index in [1.54, 1.807) is 14.1 Å². The Balaban J connectivity index is 1.65. The number of hydrogen-bond donors (Lipinski definition) is 3. The lowest BCUT2D eigenvalue weighted by Crippen LogP contribution is -2.74. The molecule has 6 atom stereocenters. The summed E-state index contributed by atoms with van der Waals surface area (Å²) in [6.07, 6.45) is 0.235. The third kappa shape index (κ3) is 3.80. The van der Waals surface area contributed by atoms with Crippen LogP contribution in [0.5, 0.6) is 5.75 Å². The van der Waals surface area contributed by atoms with E-state index in [1.165, 1.54) is 4.90 Å². The van der Waals surface area contributed by atoms with Crippen LogP contribution in [0.15, 0.2) is 6.07 Å². The van der Waals surface area contributed by atoms with Crippen molar-refractivity contribution >= 4 is 40.4 Å². The molecule has 0 bridgehead atoms. The van der Waals surface area contributed by atoms with E-state index >= 15 is 0 Å².